The average molecular weight is 270 g/mol. The molecule has 20 heavy (non-hydrogen) atoms. The molecule has 0 bridgehead atoms. The van der Waals surface area contributed by atoms with Crippen LogP contribution in [-0.2, 0) is 6.54 Å². The zero-order chi connectivity index (χ0) is 14.7. The Morgan fingerprint density at radius 3 is 2.55 bits per heavy atom. The number of hydrogen-bond acceptors (Lipinski definition) is 3. The van der Waals surface area contributed by atoms with Crippen molar-refractivity contribution in [2.45, 2.75) is 27.3 Å². The van der Waals surface area contributed by atoms with Crippen LogP contribution in [0, 0.1) is 30.9 Å². The Balaban J connectivity index is 2.17. The maximum Gasteiger partial charge on any atom is 0.274 e. The summed E-state index contributed by atoms with van der Waals surface area (Å²) in [6.45, 7) is 6.57. The van der Waals surface area contributed by atoms with Crippen LogP contribution >= 0.6 is 0 Å². The van der Waals surface area contributed by atoms with E-state index in [1.807, 2.05) is 12.1 Å². The van der Waals surface area contributed by atoms with Gasteiger partial charge in [0, 0.05) is 23.9 Å². The normalized spacial score (nSPS) is 10.3. The molecule has 0 aliphatic carbocycles. The van der Waals surface area contributed by atoms with E-state index in [1.165, 1.54) is 16.7 Å². The molecule has 4 nitrogen and oxygen atoms in total. The predicted molar refractivity (Wildman–Crippen MR) is 81.1 cm³/mol. The fraction of sp³-hybridized carbons (Fsp3) is 0.250. The molecule has 0 heterocycles. The molecule has 0 saturated heterocycles. The molecule has 0 amide bonds. The number of aryl methyl sites for hydroxylation is 2. The largest absolute Gasteiger partial charge is 0.381 e. The smallest absolute Gasteiger partial charge is 0.274 e. The zero-order valence-electron chi connectivity index (χ0n) is 11.9. The third-order valence-corrected chi connectivity index (χ3v) is 3.61. The van der Waals surface area contributed by atoms with Crippen molar-refractivity contribution in [3.8, 4) is 0 Å². The highest BCUT2D eigenvalue weighted by Crippen LogP contribution is 2.23. The third kappa shape index (κ3) is 2.96. The molecule has 0 radical (unpaired) electrons. The summed E-state index contributed by atoms with van der Waals surface area (Å²) in [5.74, 6) is 0. The second-order valence-electron chi connectivity index (χ2n) is 4.97. The maximum atomic E-state index is 10.9. The van der Waals surface area contributed by atoms with Gasteiger partial charge in [0.2, 0.25) is 0 Å². The average Bonchev–Trinajstić information content (AvgIpc) is 2.41. The first-order valence-electron chi connectivity index (χ1n) is 6.53. The van der Waals surface area contributed by atoms with Crippen LogP contribution in [0.15, 0.2) is 36.4 Å². The van der Waals surface area contributed by atoms with E-state index in [0.717, 1.165) is 5.69 Å². The molecule has 4 heteroatoms. The van der Waals surface area contributed by atoms with Gasteiger partial charge in [0.15, 0.2) is 0 Å². The Bertz CT molecular complexity index is 651. The van der Waals surface area contributed by atoms with Crippen molar-refractivity contribution in [2.24, 2.45) is 0 Å². The van der Waals surface area contributed by atoms with Crippen LogP contribution in [0.1, 0.15) is 22.3 Å². The van der Waals surface area contributed by atoms with Gasteiger partial charge in [0.25, 0.3) is 5.69 Å². The van der Waals surface area contributed by atoms with Crippen molar-refractivity contribution < 1.29 is 4.92 Å². The minimum Gasteiger partial charge on any atom is -0.381 e. The van der Waals surface area contributed by atoms with E-state index in [-0.39, 0.29) is 10.6 Å². The van der Waals surface area contributed by atoms with Crippen LogP contribution in [0.5, 0.6) is 0 Å². The summed E-state index contributed by atoms with van der Waals surface area (Å²) < 4.78 is 0. The highest BCUT2D eigenvalue weighted by Gasteiger charge is 2.10. The second-order valence-corrected chi connectivity index (χ2v) is 4.97. The SMILES string of the molecule is Cc1ccc(NCc2cccc(C)c2C)cc1[N+](=O)[O-]. The molecule has 0 unspecified atom stereocenters. The van der Waals surface area contributed by atoms with Gasteiger partial charge in [-0.25, -0.2) is 0 Å². The predicted octanol–water partition coefficient (Wildman–Crippen LogP) is 4.13. The molecule has 2 aromatic carbocycles. The molecule has 2 rings (SSSR count). The first kappa shape index (κ1) is 14.1. The van der Waals surface area contributed by atoms with Crippen molar-refractivity contribution >= 4 is 11.4 Å². The molecule has 0 spiro atoms. The van der Waals surface area contributed by atoms with Crippen LogP contribution in [-0.4, -0.2) is 4.92 Å². The Morgan fingerprint density at radius 2 is 1.85 bits per heavy atom. The van der Waals surface area contributed by atoms with Gasteiger partial charge in [0.05, 0.1) is 4.92 Å². The summed E-state index contributed by atoms with van der Waals surface area (Å²) in [5.41, 5.74) is 5.29. The van der Waals surface area contributed by atoms with Crippen molar-refractivity contribution in [3.63, 3.8) is 0 Å². The lowest BCUT2D eigenvalue weighted by Gasteiger charge is -2.11. The second kappa shape index (κ2) is 5.74. The van der Waals surface area contributed by atoms with Gasteiger partial charge < -0.3 is 5.32 Å². The minimum absolute atomic E-state index is 0.149. The Labute approximate surface area is 118 Å². The molecule has 0 atom stereocenters. The summed E-state index contributed by atoms with van der Waals surface area (Å²) in [7, 11) is 0. The van der Waals surface area contributed by atoms with Crippen molar-refractivity contribution in [3.05, 3.63) is 68.8 Å². The molecule has 0 aliphatic rings. The lowest BCUT2D eigenvalue weighted by Crippen LogP contribution is -2.03. The van der Waals surface area contributed by atoms with Crippen LogP contribution in [0.3, 0.4) is 0 Å². The van der Waals surface area contributed by atoms with Crippen LogP contribution in [0.25, 0.3) is 0 Å². The number of hydrogen-bond donors (Lipinski definition) is 1. The molecule has 2 aromatic rings. The summed E-state index contributed by atoms with van der Waals surface area (Å²) in [4.78, 5) is 10.6. The quantitative estimate of drug-likeness (QED) is 0.671. The molecule has 0 aliphatic heterocycles. The number of anilines is 1. The molecular weight excluding hydrogens is 252 g/mol. The molecule has 104 valence electrons. The Kier molecular flexibility index (Phi) is 4.03. The van der Waals surface area contributed by atoms with Gasteiger partial charge in [-0.1, -0.05) is 24.3 Å². The third-order valence-electron chi connectivity index (χ3n) is 3.61. The van der Waals surface area contributed by atoms with Gasteiger partial charge in [-0.05, 0) is 43.5 Å². The number of nitrogens with one attached hydrogen (secondary N) is 1. The Hall–Kier alpha value is -2.36. The zero-order valence-corrected chi connectivity index (χ0v) is 11.9. The molecule has 0 fully saturated rings. The lowest BCUT2D eigenvalue weighted by molar-refractivity contribution is -0.385. The minimum atomic E-state index is -0.349. The monoisotopic (exact) mass is 270 g/mol. The van der Waals surface area contributed by atoms with E-state index >= 15 is 0 Å². The Morgan fingerprint density at radius 1 is 1.10 bits per heavy atom. The fourth-order valence-corrected chi connectivity index (χ4v) is 2.12. The number of benzene rings is 2. The van der Waals surface area contributed by atoms with E-state index in [2.05, 4.69) is 31.3 Å². The number of rotatable bonds is 4. The van der Waals surface area contributed by atoms with Crippen molar-refractivity contribution in [1.29, 1.82) is 0 Å². The first-order chi connectivity index (χ1) is 9.49. The van der Waals surface area contributed by atoms with Gasteiger partial charge in [-0.2, -0.15) is 0 Å². The summed E-state index contributed by atoms with van der Waals surface area (Å²) in [6.07, 6.45) is 0. The van der Waals surface area contributed by atoms with Crippen LogP contribution in [0.2, 0.25) is 0 Å². The topological polar surface area (TPSA) is 55.2 Å². The molecule has 0 saturated carbocycles. The lowest BCUT2D eigenvalue weighted by atomic mass is 10.0. The number of nitro groups is 1. The van der Waals surface area contributed by atoms with Gasteiger partial charge >= 0.3 is 0 Å². The number of nitro benzene ring substituents is 1. The number of nitrogens with zero attached hydrogens (tertiary/aromatic N) is 1. The van der Waals surface area contributed by atoms with Gasteiger partial charge in [-0.15, -0.1) is 0 Å². The fourth-order valence-electron chi connectivity index (χ4n) is 2.12. The van der Waals surface area contributed by atoms with Gasteiger partial charge in [0.1, 0.15) is 0 Å². The highest BCUT2D eigenvalue weighted by atomic mass is 16.6. The standard InChI is InChI=1S/C16H18N2O2/c1-11-5-4-6-14(13(11)3)10-17-15-8-7-12(2)16(9-15)18(19)20/h4-9,17H,10H2,1-3H3. The van der Waals surface area contributed by atoms with Crippen molar-refractivity contribution in [2.75, 3.05) is 5.32 Å². The molecule has 1 N–H and O–H groups in total. The van der Waals surface area contributed by atoms with Crippen LogP contribution in [0.4, 0.5) is 11.4 Å². The maximum absolute atomic E-state index is 10.9. The first-order valence-corrected chi connectivity index (χ1v) is 6.53. The summed E-state index contributed by atoms with van der Waals surface area (Å²) >= 11 is 0. The van der Waals surface area contributed by atoms with E-state index in [1.54, 1.807) is 19.1 Å². The van der Waals surface area contributed by atoms with E-state index in [0.29, 0.717) is 12.1 Å². The van der Waals surface area contributed by atoms with E-state index < -0.39 is 0 Å². The summed E-state index contributed by atoms with van der Waals surface area (Å²) in [6, 6.07) is 11.4. The molecule has 0 aromatic heterocycles. The molecular formula is C16H18N2O2. The van der Waals surface area contributed by atoms with E-state index in [9.17, 15) is 10.1 Å². The summed E-state index contributed by atoms with van der Waals surface area (Å²) in [5, 5.41) is 14.2. The van der Waals surface area contributed by atoms with Crippen LogP contribution < -0.4 is 5.32 Å². The van der Waals surface area contributed by atoms with E-state index in [4.69, 9.17) is 0 Å². The van der Waals surface area contributed by atoms with Crippen molar-refractivity contribution in [1.82, 2.24) is 0 Å². The highest BCUT2D eigenvalue weighted by molar-refractivity contribution is 5.55. The van der Waals surface area contributed by atoms with Gasteiger partial charge in [-0.3, -0.25) is 10.1 Å².